The number of pyridine rings is 1. The first-order chi connectivity index (χ1) is 8.66. The molecule has 0 aliphatic carbocycles. The molecular weight excluding hydrogens is 226 g/mol. The second-order valence-electron chi connectivity index (χ2n) is 4.15. The minimum absolute atomic E-state index is 0.168. The van der Waals surface area contributed by atoms with E-state index in [0.29, 0.717) is 0 Å². The third kappa shape index (κ3) is 3.72. The van der Waals surface area contributed by atoms with Crippen molar-refractivity contribution in [3.8, 4) is 0 Å². The third-order valence-electron chi connectivity index (χ3n) is 2.99. The quantitative estimate of drug-likeness (QED) is 0.764. The van der Waals surface area contributed by atoms with Crippen LogP contribution in [0.5, 0.6) is 0 Å². The van der Waals surface area contributed by atoms with Crippen LogP contribution in [0, 0.1) is 6.92 Å². The van der Waals surface area contributed by atoms with E-state index in [2.05, 4.69) is 16.0 Å². The summed E-state index contributed by atoms with van der Waals surface area (Å²) in [5, 5.41) is 0. The van der Waals surface area contributed by atoms with Crippen LogP contribution in [0.1, 0.15) is 26.5 Å². The van der Waals surface area contributed by atoms with Crippen molar-refractivity contribution >= 4 is 11.6 Å². The fraction of sp³-hybridized carbons (Fsp3) is 0.571. The van der Waals surface area contributed by atoms with Gasteiger partial charge in [-0.2, -0.15) is 0 Å². The Morgan fingerprint density at radius 2 is 1.78 bits per heavy atom. The van der Waals surface area contributed by atoms with Crippen LogP contribution in [0.25, 0.3) is 0 Å². The summed E-state index contributed by atoms with van der Waals surface area (Å²) in [5.74, 6) is 0.168. The molecule has 1 aliphatic heterocycles. The van der Waals surface area contributed by atoms with Gasteiger partial charge in [-0.1, -0.05) is 13.8 Å². The third-order valence-corrected chi connectivity index (χ3v) is 2.99. The Morgan fingerprint density at radius 1 is 1.17 bits per heavy atom. The number of carbonyl (C=O) groups is 1. The van der Waals surface area contributed by atoms with Crippen LogP contribution < -0.4 is 4.90 Å². The van der Waals surface area contributed by atoms with Gasteiger partial charge in [0.2, 0.25) is 5.91 Å². The van der Waals surface area contributed by atoms with Gasteiger partial charge in [-0.05, 0) is 19.1 Å². The highest BCUT2D eigenvalue weighted by molar-refractivity contribution is 5.73. The van der Waals surface area contributed by atoms with Gasteiger partial charge in [-0.3, -0.25) is 9.78 Å². The zero-order valence-electron chi connectivity index (χ0n) is 11.8. The van der Waals surface area contributed by atoms with Crippen molar-refractivity contribution in [2.45, 2.75) is 27.7 Å². The van der Waals surface area contributed by atoms with Crippen molar-refractivity contribution in [1.29, 1.82) is 0 Å². The molecule has 0 bridgehead atoms. The Balaban J connectivity index is 0.000000771. The van der Waals surface area contributed by atoms with Crippen LogP contribution in [0.4, 0.5) is 5.69 Å². The maximum absolute atomic E-state index is 11.2. The Hall–Kier alpha value is -1.58. The van der Waals surface area contributed by atoms with Gasteiger partial charge < -0.3 is 9.80 Å². The molecule has 1 aromatic heterocycles. The van der Waals surface area contributed by atoms with E-state index in [4.69, 9.17) is 0 Å². The Morgan fingerprint density at radius 3 is 2.22 bits per heavy atom. The van der Waals surface area contributed by atoms with E-state index in [-0.39, 0.29) is 5.91 Å². The van der Waals surface area contributed by atoms with Gasteiger partial charge in [0.05, 0.1) is 11.9 Å². The summed E-state index contributed by atoms with van der Waals surface area (Å²) in [6.07, 6.45) is 1.90. The second-order valence-corrected chi connectivity index (χ2v) is 4.15. The number of aryl methyl sites for hydroxylation is 1. The summed E-state index contributed by atoms with van der Waals surface area (Å²) < 4.78 is 0. The van der Waals surface area contributed by atoms with Crippen molar-refractivity contribution < 1.29 is 4.79 Å². The van der Waals surface area contributed by atoms with Gasteiger partial charge in [0.15, 0.2) is 0 Å². The second kappa shape index (κ2) is 6.99. The lowest BCUT2D eigenvalue weighted by Gasteiger charge is -2.35. The fourth-order valence-electron chi connectivity index (χ4n) is 1.93. The highest BCUT2D eigenvalue weighted by Crippen LogP contribution is 2.15. The molecule has 1 aromatic rings. The van der Waals surface area contributed by atoms with Gasteiger partial charge in [-0.25, -0.2) is 0 Å². The average Bonchev–Trinajstić information content (AvgIpc) is 2.42. The van der Waals surface area contributed by atoms with E-state index in [1.54, 1.807) is 6.92 Å². The minimum Gasteiger partial charge on any atom is -0.367 e. The molecule has 4 nitrogen and oxygen atoms in total. The molecular formula is C14H23N3O. The van der Waals surface area contributed by atoms with Crippen molar-refractivity contribution in [2.75, 3.05) is 31.1 Å². The lowest BCUT2D eigenvalue weighted by Crippen LogP contribution is -2.48. The van der Waals surface area contributed by atoms with E-state index in [9.17, 15) is 4.79 Å². The molecule has 0 atom stereocenters. The molecule has 18 heavy (non-hydrogen) atoms. The molecule has 0 radical (unpaired) electrons. The zero-order valence-corrected chi connectivity index (χ0v) is 11.8. The van der Waals surface area contributed by atoms with Crippen molar-refractivity contribution in [3.05, 3.63) is 24.0 Å². The number of hydrogen-bond donors (Lipinski definition) is 0. The van der Waals surface area contributed by atoms with Gasteiger partial charge in [0.25, 0.3) is 0 Å². The molecule has 0 unspecified atom stereocenters. The lowest BCUT2D eigenvalue weighted by atomic mass is 10.2. The van der Waals surface area contributed by atoms with Crippen LogP contribution in [0.3, 0.4) is 0 Å². The molecule has 0 N–H and O–H groups in total. The Kier molecular flexibility index (Phi) is 5.62. The number of aromatic nitrogens is 1. The predicted octanol–water partition coefficient (Wildman–Crippen LogP) is 2.08. The Bertz CT molecular complexity index is 367. The van der Waals surface area contributed by atoms with E-state index >= 15 is 0 Å². The number of carbonyl (C=O) groups excluding carboxylic acids is 1. The SMILES string of the molecule is CC.CC(=O)N1CCN(c2ccc(C)nc2)CC1. The minimum atomic E-state index is 0.168. The lowest BCUT2D eigenvalue weighted by molar-refractivity contribution is -0.129. The molecule has 0 saturated carbocycles. The van der Waals surface area contributed by atoms with Crippen molar-refractivity contribution in [2.24, 2.45) is 0 Å². The summed E-state index contributed by atoms with van der Waals surface area (Å²) in [6.45, 7) is 11.0. The zero-order chi connectivity index (χ0) is 13.5. The number of piperazine rings is 1. The highest BCUT2D eigenvalue weighted by Gasteiger charge is 2.18. The van der Waals surface area contributed by atoms with Crippen LogP contribution >= 0.6 is 0 Å². The van der Waals surface area contributed by atoms with Crippen LogP contribution in [-0.4, -0.2) is 42.0 Å². The normalized spacial score (nSPS) is 14.9. The number of rotatable bonds is 1. The maximum Gasteiger partial charge on any atom is 0.219 e. The van der Waals surface area contributed by atoms with Gasteiger partial charge in [0.1, 0.15) is 0 Å². The van der Waals surface area contributed by atoms with E-state index < -0.39 is 0 Å². The number of nitrogens with zero attached hydrogens (tertiary/aromatic N) is 3. The van der Waals surface area contributed by atoms with Crippen LogP contribution in [0.15, 0.2) is 18.3 Å². The first-order valence-corrected chi connectivity index (χ1v) is 6.60. The number of hydrogen-bond acceptors (Lipinski definition) is 3. The maximum atomic E-state index is 11.2. The van der Waals surface area contributed by atoms with Gasteiger partial charge in [-0.15, -0.1) is 0 Å². The topological polar surface area (TPSA) is 36.4 Å². The number of amides is 1. The molecule has 0 aromatic carbocycles. The molecule has 1 saturated heterocycles. The summed E-state index contributed by atoms with van der Waals surface area (Å²) in [4.78, 5) is 19.6. The largest absolute Gasteiger partial charge is 0.367 e. The van der Waals surface area contributed by atoms with Crippen molar-refractivity contribution in [3.63, 3.8) is 0 Å². The van der Waals surface area contributed by atoms with Gasteiger partial charge in [0, 0.05) is 38.8 Å². The van der Waals surface area contributed by atoms with E-state index in [1.165, 1.54) is 0 Å². The summed E-state index contributed by atoms with van der Waals surface area (Å²) in [5.41, 5.74) is 2.18. The molecule has 2 heterocycles. The molecule has 1 fully saturated rings. The Labute approximate surface area is 110 Å². The molecule has 1 aliphatic rings. The van der Waals surface area contributed by atoms with E-state index in [1.807, 2.05) is 37.9 Å². The van der Waals surface area contributed by atoms with Crippen LogP contribution in [-0.2, 0) is 4.79 Å². The molecule has 0 spiro atoms. The van der Waals surface area contributed by atoms with Gasteiger partial charge >= 0.3 is 0 Å². The monoisotopic (exact) mass is 249 g/mol. The van der Waals surface area contributed by atoms with E-state index in [0.717, 1.165) is 37.6 Å². The number of anilines is 1. The molecule has 100 valence electrons. The van der Waals surface area contributed by atoms with Crippen LogP contribution in [0.2, 0.25) is 0 Å². The molecule has 4 heteroatoms. The van der Waals surface area contributed by atoms with Crippen molar-refractivity contribution in [1.82, 2.24) is 9.88 Å². The first-order valence-electron chi connectivity index (χ1n) is 6.60. The summed E-state index contributed by atoms with van der Waals surface area (Å²) in [6, 6.07) is 4.11. The predicted molar refractivity (Wildman–Crippen MR) is 74.8 cm³/mol. The smallest absolute Gasteiger partial charge is 0.219 e. The summed E-state index contributed by atoms with van der Waals surface area (Å²) in [7, 11) is 0. The fourth-order valence-corrected chi connectivity index (χ4v) is 1.93. The standard InChI is InChI=1S/C12H17N3O.C2H6/c1-10-3-4-12(9-13-10)15-7-5-14(6-8-15)11(2)16;1-2/h3-4,9H,5-8H2,1-2H3;1-2H3. The average molecular weight is 249 g/mol. The molecule has 1 amide bonds. The summed E-state index contributed by atoms with van der Waals surface area (Å²) >= 11 is 0. The molecule has 2 rings (SSSR count). The highest BCUT2D eigenvalue weighted by atomic mass is 16.2. The first kappa shape index (κ1) is 14.5.